The predicted octanol–water partition coefficient (Wildman–Crippen LogP) is 4.48. The summed E-state index contributed by atoms with van der Waals surface area (Å²) in [4.78, 5) is 10.8. The van der Waals surface area contributed by atoms with Crippen LogP contribution in [0, 0.1) is 0 Å². The maximum absolute atomic E-state index is 6.50. The third-order valence-electron chi connectivity index (χ3n) is 4.90. The van der Waals surface area contributed by atoms with E-state index in [9.17, 15) is 0 Å². The summed E-state index contributed by atoms with van der Waals surface area (Å²) in [6, 6.07) is 11.8. The second-order valence-corrected chi connectivity index (χ2v) is 7.68. The summed E-state index contributed by atoms with van der Waals surface area (Å²) in [5.41, 5.74) is 3.13. The number of pyridine rings is 2. The zero-order chi connectivity index (χ0) is 20.1. The molecular formula is C22H22Cl2N4O. The van der Waals surface area contributed by atoms with Gasteiger partial charge in [-0.2, -0.15) is 0 Å². The van der Waals surface area contributed by atoms with Gasteiger partial charge in [0.1, 0.15) is 5.82 Å². The molecule has 4 rings (SSSR count). The first-order valence-electron chi connectivity index (χ1n) is 9.63. The Kier molecular flexibility index (Phi) is 6.49. The second-order valence-electron chi connectivity index (χ2n) is 6.86. The van der Waals surface area contributed by atoms with Crippen LogP contribution in [0.15, 0.2) is 55.0 Å². The number of rotatable bonds is 6. The van der Waals surface area contributed by atoms with Crippen LogP contribution in [-0.2, 0) is 6.42 Å². The fourth-order valence-corrected chi connectivity index (χ4v) is 3.95. The lowest BCUT2D eigenvalue weighted by Crippen LogP contribution is -2.43. The second kappa shape index (κ2) is 9.44. The van der Waals surface area contributed by atoms with Crippen LogP contribution in [0.3, 0.4) is 0 Å². The molecule has 0 amide bonds. The van der Waals surface area contributed by atoms with E-state index in [2.05, 4.69) is 26.3 Å². The van der Waals surface area contributed by atoms with Gasteiger partial charge in [0.05, 0.1) is 16.7 Å². The molecule has 1 fully saturated rings. The Bertz CT molecular complexity index is 939. The van der Waals surface area contributed by atoms with Crippen molar-refractivity contribution in [1.82, 2.24) is 15.3 Å². The lowest BCUT2D eigenvalue weighted by Gasteiger charge is -2.28. The van der Waals surface area contributed by atoms with Crippen molar-refractivity contribution >= 4 is 29.0 Å². The molecule has 0 bridgehead atoms. The van der Waals surface area contributed by atoms with Crippen molar-refractivity contribution in [1.29, 1.82) is 0 Å². The molecule has 1 aliphatic heterocycles. The summed E-state index contributed by atoms with van der Waals surface area (Å²) in [5.74, 6) is 1.48. The third-order valence-corrected chi connectivity index (χ3v) is 5.47. The number of piperazine rings is 1. The fourth-order valence-electron chi connectivity index (χ4n) is 3.35. The first-order chi connectivity index (χ1) is 14.2. The summed E-state index contributed by atoms with van der Waals surface area (Å²) in [5, 5.41) is 4.36. The zero-order valence-electron chi connectivity index (χ0n) is 15.9. The van der Waals surface area contributed by atoms with Crippen molar-refractivity contribution in [3.8, 4) is 16.9 Å². The first-order valence-corrected chi connectivity index (χ1v) is 10.4. The van der Waals surface area contributed by atoms with Gasteiger partial charge >= 0.3 is 0 Å². The summed E-state index contributed by atoms with van der Waals surface area (Å²) >= 11 is 13.0. The van der Waals surface area contributed by atoms with E-state index in [4.69, 9.17) is 27.9 Å². The average Bonchev–Trinajstić information content (AvgIpc) is 2.77. The molecule has 1 aromatic carbocycles. The van der Waals surface area contributed by atoms with Gasteiger partial charge in [0.15, 0.2) is 5.75 Å². The number of aromatic nitrogens is 2. The number of hydrogen-bond acceptors (Lipinski definition) is 5. The molecule has 1 aliphatic rings. The number of nitrogens with zero attached hydrogens (tertiary/aromatic N) is 3. The lowest BCUT2D eigenvalue weighted by atomic mass is 10.1. The minimum atomic E-state index is 0.491. The highest BCUT2D eigenvalue weighted by Crippen LogP contribution is 2.38. The normalized spacial score (nSPS) is 14.1. The van der Waals surface area contributed by atoms with Gasteiger partial charge in [-0.15, -0.1) is 0 Å². The Morgan fingerprint density at radius 1 is 0.931 bits per heavy atom. The fraction of sp³-hybridized carbons (Fsp3) is 0.273. The van der Waals surface area contributed by atoms with Gasteiger partial charge in [-0.3, -0.25) is 4.98 Å². The monoisotopic (exact) mass is 428 g/mol. The minimum Gasteiger partial charge on any atom is -0.490 e. The largest absolute Gasteiger partial charge is 0.490 e. The Morgan fingerprint density at radius 3 is 2.38 bits per heavy atom. The van der Waals surface area contributed by atoms with Crippen molar-refractivity contribution in [2.24, 2.45) is 0 Å². The van der Waals surface area contributed by atoms with Gasteiger partial charge < -0.3 is 15.0 Å². The zero-order valence-corrected chi connectivity index (χ0v) is 17.5. The molecule has 150 valence electrons. The van der Waals surface area contributed by atoms with E-state index in [1.807, 2.05) is 36.5 Å². The van der Waals surface area contributed by atoms with Gasteiger partial charge in [-0.25, -0.2) is 4.98 Å². The van der Waals surface area contributed by atoms with Crippen LogP contribution in [0.2, 0.25) is 10.0 Å². The van der Waals surface area contributed by atoms with Crippen molar-refractivity contribution in [2.75, 3.05) is 37.7 Å². The molecule has 0 saturated carbocycles. The van der Waals surface area contributed by atoms with E-state index in [1.165, 1.54) is 0 Å². The highest BCUT2D eigenvalue weighted by atomic mass is 35.5. The molecule has 5 nitrogen and oxygen atoms in total. The van der Waals surface area contributed by atoms with E-state index in [1.54, 1.807) is 12.4 Å². The third kappa shape index (κ3) is 4.99. The smallest absolute Gasteiger partial charge is 0.156 e. The Labute approximate surface area is 180 Å². The first kappa shape index (κ1) is 20.0. The molecule has 0 aliphatic carbocycles. The number of nitrogens with one attached hydrogen (secondary N) is 1. The number of anilines is 1. The predicted molar refractivity (Wildman–Crippen MR) is 118 cm³/mol. The molecule has 0 unspecified atom stereocenters. The van der Waals surface area contributed by atoms with E-state index in [0.29, 0.717) is 22.4 Å². The van der Waals surface area contributed by atoms with Crippen LogP contribution in [0.25, 0.3) is 11.1 Å². The molecule has 3 aromatic rings. The standard InChI is InChI=1S/C22H22Cl2N4O/c23-19-13-18(17-3-7-27-21(15-17)28-10-8-26-9-11-28)14-20(24)22(19)29-12-4-16-1-5-25-6-2-16/h1-3,5-7,13-15,26H,4,8-12H2. The molecule has 0 radical (unpaired) electrons. The van der Waals surface area contributed by atoms with E-state index >= 15 is 0 Å². The topological polar surface area (TPSA) is 50.3 Å². The van der Waals surface area contributed by atoms with Gasteiger partial charge in [-0.05, 0) is 53.1 Å². The van der Waals surface area contributed by atoms with E-state index < -0.39 is 0 Å². The molecule has 3 heterocycles. The number of benzene rings is 1. The average molecular weight is 429 g/mol. The van der Waals surface area contributed by atoms with Crippen molar-refractivity contribution < 1.29 is 4.74 Å². The molecule has 0 atom stereocenters. The van der Waals surface area contributed by atoms with Gasteiger partial charge in [0.2, 0.25) is 0 Å². The molecule has 1 saturated heterocycles. The number of hydrogen-bond donors (Lipinski definition) is 1. The van der Waals surface area contributed by atoms with Crippen LogP contribution >= 0.6 is 23.2 Å². The summed E-state index contributed by atoms with van der Waals surface area (Å²) in [6.07, 6.45) is 6.13. The van der Waals surface area contributed by atoms with Crippen LogP contribution in [0.5, 0.6) is 5.75 Å². The number of halogens is 2. The minimum absolute atomic E-state index is 0.491. The Balaban J connectivity index is 1.49. The van der Waals surface area contributed by atoms with Crippen LogP contribution in [0.4, 0.5) is 5.82 Å². The Morgan fingerprint density at radius 2 is 1.66 bits per heavy atom. The van der Waals surface area contributed by atoms with Crippen LogP contribution in [-0.4, -0.2) is 42.8 Å². The molecule has 0 spiro atoms. The highest BCUT2D eigenvalue weighted by molar-refractivity contribution is 6.37. The van der Waals surface area contributed by atoms with Gasteiger partial charge in [0.25, 0.3) is 0 Å². The maximum Gasteiger partial charge on any atom is 0.156 e. The van der Waals surface area contributed by atoms with Crippen molar-refractivity contribution in [3.63, 3.8) is 0 Å². The van der Waals surface area contributed by atoms with Gasteiger partial charge in [-0.1, -0.05) is 23.2 Å². The van der Waals surface area contributed by atoms with Crippen LogP contribution < -0.4 is 15.0 Å². The Hall–Kier alpha value is -2.34. The molecule has 29 heavy (non-hydrogen) atoms. The summed E-state index contributed by atoms with van der Waals surface area (Å²) in [7, 11) is 0. The highest BCUT2D eigenvalue weighted by Gasteiger charge is 2.15. The quantitative estimate of drug-likeness (QED) is 0.626. The molecule has 1 N–H and O–H groups in total. The van der Waals surface area contributed by atoms with Crippen molar-refractivity contribution in [2.45, 2.75) is 6.42 Å². The maximum atomic E-state index is 6.50. The van der Waals surface area contributed by atoms with Crippen LogP contribution in [0.1, 0.15) is 5.56 Å². The molecule has 7 heteroatoms. The van der Waals surface area contributed by atoms with Crippen molar-refractivity contribution in [3.05, 3.63) is 70.6 Å². The number of ether oxygens (including phenoxy) is 1. The summed E-state index contributed by atoms with van der Waals surface area (Å²) < 4.78 is 5.87. The molecular weight excluding hydrogens is 407 g/mol. The van der Waals surface area contributed by atoms with E-state index in [0.717, 1.165) is 55.1 Å². The van der Waals surface area contributed by atoms with E-state index in [-0.39, 0.29) is 0 Å². The lowest BCUT2D eigenvalue weighted by molar-refractivity contribution is 0.322. The summed E-state index contributed by atoms with van der Waals surface area (Å²) in [6.45, 7) is 4.32. The SMILES string of the molecule is Clc1cc(-c2ccnc(N3CCNCC3)c2)cc(Cl)c1OCCc1ccncc1. The molecule has 2 aromatic heterocycles. The van der Waals surface area contributed by atoms with Gasteiger partial charge in [0, 0.05) is 51.2 Å².